The first-order valence-corrected chi connectivity index (χ1v) is 8.78. The number of hydrogen-bond donors (Lipinski definition) is 2. The minimum absolute atomic E-state index is 0.513. The monoisotopic (exact) mass is 312 g/mol. The lowest BCUT2D eigenvalue weighted by atomic mass is 10.1. The van der Waals surface area contributed by atoms with Crippen molar-refractivity contribution in [3.63, 3.8) is 0 Å². The van der Waals surface area contributed by atoms with Gasteiger partial charge in [-0.1, -0.05) is 12.1 Å². The molecule has 5 heteroatoms. The number of piperidine rings is 1. The van der Waals surface area contributed by atoms with Crippen LogP contribution in [-0.4, -0.2) is 28.7 Å². The largest absolute Gasteiger partial charge is 0.353 e. The number of anilines is 1. The van der Waals surface area contributed by atoms with Crippen LogP contribution >= 0.6 is 11.3 Å². The van der Waals surface area contributed by atoms with Gasteiger partial charge >= 0.3 is 0 Å². The lowest BCUT2D eigenvalue weighted by Gasteiger charge is -2.24. The van der Waals surface area contributed by atoms with Gasteiger partial charge < -0.3 is 15.2 Å². The number of fused-ring (bicyclic) bond motifs is 1. The molecule has 22 heavy (non-hydrogen) atoms. The standard InChI is InChI=1S/C17H20N4S/c1-2-4-16-15(3-1)20-17(19-14-5-8-18-9-6-14)21(16)11-13-7-10-22-12-13/h1-4,7,10,12,14,18H,5-6,8-9,11H2,(H,19,20). The van der Waals surface area contributed by atoms with Crippen LogP contribution in [0.3, 0.4) is 0 Å². The second-order valence-corrected chi connectivity index (χ2v) is 6.59. The molecule has 4 nitrogen and oxygen atoms in total. The molecule has 0 aliphatic carbocycles. The van der Waals surface area contributed by atoms with Crippen molar-refractivity contribution >= 4 is 28.3 Å². The maximum absolute atomic E-state index is 4.82. The summed E-state index contributed by atoms with van der Waals surface area (Å²) >= 11 is 1.75. The second-order valence-electron chi connectivity index (χ2n) is 5.81. The van der Waals surface area contributed by atoms with E-state index in [1.54, 1.807) is 11.3 Å². The number of para-hydroxylation sites is 2. The lowest BCUT2D eigenvalue weighted by Crippen LogP contribution is -2.36. The molecule has 0 spiro atoms. The minimum Gasteiger partial charge on any atom is -0.353 e. The summed E-state index contributed by atoms with van der Waals surface area (Å²) in [6.45, 7) is 3.04. The Balaban J connectivity index is 1.69. The molecule has 1 aliphatic rings. The van der Waals surface area contributed by atoms with E-state index in [1.165, 1.54) is 11.1 Å². The van der Waals surface area contributed by atoms with Crippen LogP contribution in [0.2, 0.25) is 0 Å². The van der Waals surface area contributed by atoms with E-state index in [0.29, 0.717) is 6.04 Å². The number of nitrogens with one attached hydrogen (secondary N) is 2. The summed E-state index contributed by atoms with van der Waals surface area (Å²) in [5.41, 5.74) is 3.60. The average molecular weight is 312 g/mol. The first-order chi connectivity index (χ1) is 10.9. The van der Waals surface area contributed by atoms with Crippen LogP contribution in [0.25, 0.3) is 11.0 Å². The Morgan fingerprint density at radius 1 is 1.23 bits per heavy atom. The van der Waals surface area contributed by atoms with Crippen molar-refractivity contribution < 1.29 is 0 Å². The number of thiophene rings is 1. The van der Waals surface area contributed by atoms with Crippen LogP contribution < -0.4 is 10.6 Å². The fraction of sp³-hybridized carbons (Fsp3) is 0.353. The number of hydrogen-bond acceptors (Lipinski definition) is 4. The van der Waals surface area contributed by atoms with Crippen molar-refractivity contribution in [3.8, 4) is 0 Å². The molecule has 1 fully saturated rings. The van der Waals surface area contributed by atoms with Crippen molar-refractivity contribution in [2.24, 2.45) is 0 Å². The van der Waals surface area contributed by atoms with Gasteiger partial charge in [0.25, 0.3) is 0 Å². The van der Waals surface area contributed by atoms with Gasteiger partial charge in [0, 0.05) is 6.04 Å². The molecule has 0 atom stereocenters. The maximum Gasteiger partial charge on any atom is 0.204 e. The molecule has 2 N–H and O–H groups in total. The zero-order valence-corrected chi connectivity index (χ0v) is 13.3. The molecule has 0 bridgehead atoms. The third-order valence-electron chi connectivity index (χ3n) is 4.25. The van der Waals surface area contributed by atoms with E-state index in [1.807, 2.05) is 0 Å². The quantitative estimate of drug-likeness (QED) is 0.776. The molecule has 114 valence electrons. The van der Waals surface area contributed by atoms with Crippen molar-refractivity contribution in [1.82, 2.24) is 14.9 Å². The zero-order valence-electron chi connectivity index (χ0n) is 12.5. The summed E-state index contributed by atoms with van der Waals surface area (Å²) in [6.07, 6.45) is 2.31. The van der Waals surface area contributed by atoms with E-state index < -0.39 is 0 Å². The van der Waals surface area contributed by atoms with Gasteiger partial charge in [-0.2, -0.15) is 11.3 Å². The zero-order chi connectivity index (χ0) is 14.8. The van der Waals surface area contributed by atoms with E-state index in [4.69, 9.17) is 4.98 Å². The van der Waals surface area contributed by atoms with Gasteiger partial charge in [0.15, 0.2) is 0 Å². The Hall–Kier alpha value is -1.85. The maximum atomic E-state index is 4.82. The summed E-state index contributed by atoms with van der Waals surface area (Å²) in [6, 6.07) is 11.1. The number of nitrogens with zero attached hydrogens (tertiary/aromatic N) is 2. The molecule has 4 rings (SSSR count). The van der Waals surface area contributed by atoms with Gasteiger partial charge in [-0.15, -0.1) is 0 Å². The molecule has 1 aromatic carbocycles. The first kappa shape index (κ1) is 13.8. The molecule has 3 heterocycles. The highest BCUT2D eigenvalue weighted by atomic mass is 32.1. The highest BCUT2D eigenvalue weighted by Crippen LogP contribution is 2.23. The molecule has 0 unspecified atom stereocenters. The fourth-order valence-electron chi connectivity index (χ4n) is 3.06. The highest BCUT2D eigenvalue weighted by molar-refractivity contribution is 7.07. The Kier molecular flexibility index (Phi) is 3.83. The van der Waals surface area contributed by atoms with Crippen LogP contribution in [0.1, 0.15) is 18.4 Å². The summed E-state index contributed by atoms with van der Waals surface area (Å²) < 4.78 is 2.30. The molecular weight excluding hydrogens is 292 g/mol. The van der Waals surface area contributed by atoms with Gasteiger partial charge in [-0.3, -0.25) is 0 Å². The Morgan fingerprint density at radius 3 is 2.91 bits per heavy atom. The highest BCUT2D eigenvalue weighted by Gasteiger charge is 2.17. The van der Waals surface area contributed by atoms with E-state index in [0.717, 1.165) is 43.9 Å². The normalized spacial score (nSPS) is 16.2. The van der Waals surface area contributed by atoms with Gasteiger partial charge in [-0.25, -0.2) is 4.98 Å². The molecule has 1 aliphatic heterocycles. The summed E-state index contributed by atoms with van der Waals surface area (Å²) in [5, 5.41) is 11.4. The van der Waals surface area contributed by atoms with E-state index in [9.17, 15) is 0 Å². The molecule has 0 radical (unpaired) electrons. The molecule has 3 aromatic rings. The number of aromatic nitrogens is 2. The number of rotatable bonds is 4. The van der Waals surface area contributed by atoms with Gasteiger partial charge in [0.2, 0.25) is 5.95 Å². The lowest BCUT2D eigenvalue weighted by molar-refractivity contribution is 0.476. The molecular formula is C17H20N4S. The van der Waals surface area contributed by atoms with Gasteiger partial charge in [-0.05, 0) is 60.5 Å². The summed E-state index contributed by atoms with van der Waals surface area (Å²) in [5.74, 6) is 0.999. The van der Waals surface area contributed by atoms with Crippen molar-refractivity contribution in [3.05, 3.63) is 46.7 Å². The molecule has 1 saturated heterocycles. The van der Waals surface area contributed by atoms with E-state index in [-0.39, 0.29) is 0 Å². The first-order valence-electron chi connectivity index (χ1n) is 7.84. The predicted molar refractivity (Wildman–Crippen MR) is 92.7 cm³/mol. The van der Waals surface area contributed by atoms with Crippen LogP contribution in [0.5, 0.6) is 0 Å². The second kappa shape index (κ2) is 6.10. The van der Waals surface area contributed by atoms with Gasteiger partial charge in [0.1, 0.15) is 0 Å². The summed E-state index contributed by atoms with van der Waals surface area (Å²) in [4.78, 5) is 4.82. The third kappa shape index (κ3) is 2.74. The van der Waals surface area contributed by atoms with Crippen LogP contribution in [0, 0.1) is 0 Å². The summed E-state index contributed by atoms with van der Waals surface area (Å²) in [7, 11) is 0. The molecule has 2 aromatic heterocycles. The smallest absolute Gasteiger partial charge is 0.204 e. The molecule has 0 saturated carbocycles. The Bertz CT molecular complexity index is 741. The number of imidazole rings is 1. The number of benzene rings is 1. The van der Waals surface area contributed by atoms with Crippen molar-refractivity contribution in [2.45, 2.75) is 25.4 Å². The van der Waals surface area contributed by atoms with Crippen LogP contribution in [0.15, 0.2) is 41.1 Å². The van der Waals surface area contributed by atoms with Crippen molar-refractivity contribution in [1.29, 1.82) is 0 Å². The Morgan fingerprint density at radius 2 is 2.09 bits per heavy atom. The van der Waals surface area contributed by atoms with Crippen LogP contribution in [-0.2, 0) is 6.54 Å². The topological polar surface area (TPSA) is 41.9 Å². The average Bonchev–Trinajstić information content (AvgIpc) is 3.18. The van der Waals surface area contributed by atoms with E-state index in [2.05, 4.69) is 56.3 Å². The molecule has 0 amide bonds. The fourth-order valence-corrected chi connectivity index (χ4v) is 3.72. The van der Waals surface area contributed by atoms with Crippen LogP contribution in [0.4, 0.5) is 5.95 Å². The SMILES string of the molecule is c1ccc2c(c1)nc(NC1CCNCC1)n2Cc1ccsc1. The predicted octanol–water partition coefficient (Wildman–Crippen LogP) is 3.31. The third-order valence-corrected chi connectivity index (χ3v) is 4.98. The van der Waals surface area contributed by atoms with Gasteiger partial charge in [0.05, 0.1) is 17.6 Å². The van der Waals surface area contributed by atoms with Crippen molar-refractivity contribution in [2.75, 3.05) is 18.4 Å². The Labute approximate surface area is 134 Å². The minimum atomic E-state index is 0.513. The van der Waals surface area contributed by atoms with E-state index >= 15 is 0 Å².